The summed E-state index contributed by atoms with van der Waals surface area (Å²) in [6, 6.07) is 9.55. The lowest BCUT2D eigenvalue weighted by atomic mass is 10.1. The van der Waals surface area contributed by atoms with Gasteiger partial charge in [-0.1, -0.05) is 19.1 Å². The van der Waals surface area contributed by atoms with Crippen molar-refractivity contribution in [3.05, 3.63) is 66.0 Å². The van der Waals surface area contributed by atoms with Crippen molar-refractivity contribution >= 4 is 17.1 Å². The summed E-state index contributed by atoms with van der Waals surface area (Å²) in [5.41, 5.74) is 13.0. The van der Waals surface area contributed by atoms with Gasteiger partial charge in [0, 0.05) is 29.9 Å². The van der Waals surface area contributed by atoms with Crippen LogP contribution < -0.4 is 20.9 Å². The Morgan fingerprint density at radius 2 is 1.94 bits per heavy atom. The number of allylic oxidation sites excluding steroid dienone is 2. The van der Waals surface area contributed by atoms with Gasteiger partial charge in [0.05, 0.1) is 17.9 Å². The van der Waals surface area contributed by atoms with Crippen LogP contribution in [0.5, 0.6) is 11.5 Å². The number of piperidine rings is 1. The van der Waals surface area contributed by atoms with Crippen molar-refractivity contribution in [1.82, 2.24) is 4.90 Å². The molecule has 1 aliphatic rings. The largest absolute Gasteiger partial charge is 0.492 e. The zero-order valence-electron chi connectivity index (χ0n) is 18.1. The van der Waals surface area contributed by atoms with Crippen LogP contribution in [-0.2, 0) is 0 Å². The van der Waals surface area contributed by atoms with Crippen LogP contribution in [0.4, 0.5) is 15.8 Å². The number of ether oxygens (including phenoxy) is 2. The molecule has 0 aromatic heterocycles. The monoisotopic (exact) mass is 436 g/mol. The highest BCUT2D eigenvalue weighted by molar-refractivity contribution is 5.76. The van der Waals surface area contributed by atoms with E-state index in [4.69, 9.17) is 20.9 Å². The summed E-state index contributed by atoms with van der Waals surface area (Å²) in [6.07, 6.45) is 7.81. The molecular formula is C25H29FN4O2. The molecule has 0 radical (unpaired) electrons. The van der Waals surface area contributed by atoms with Crippen LogP contribution in [0, 0.1) is 17.1 Å². The first kappa shape index (κ1) is 23.2. The van der Waals surface area contributed by atoms with Crippen molar-refractivity contribution in [3.8, 4) is 17.6 Å². The molecule has 0 saturated carbocycles. The number of nitrogen functional groups attached to an aromatic ring is 2. The highest BCUT2D eigenvalue weighted by Crippen LogP contribution is 2.32. The molecule has 0 bridgehead atoms. The van der Waals surface area contributed by atoms with Gasteiger partial charge in [0.15, 0.2) is 0 Å². The molecule has 0 amide bonds. The topological polar surface area (TPSA) is 97.5 Å². The number of nitriles is 1. The first-order valence-electron chi connectivity index (χ1n) is 10.8. The fourth-order valence-corrected chi connectivity index (χ4v) is 3.65. The standard InChI is InChI=1S/C25H29FN4O2/c1-2-7-24(32-19-8-9-22(28)21(26)15-19)20-14-18(17-27)25(16-23(20)29)31-13-6-12-30-10-4-3-5-11-30/h2,7-9,14-16H,1,3-6,10-13,28-29H2/b24-7+. The van der Waals surface area contributed by atoms with E-state index in [2.05, 4.69) is 17.5 Å². The smallest absolute Gasteiger partial charge is 0.149 e. The number of hydrogen-bond acceptors (Lipinski definition) is 6. The Balaban J connectivity index is 1.72. The molecule has 4 N–H and O–H groups in total. The Morgan fingerprint density at radius 3 is 2.62 bits per heavy atom. The molecule has 0 unspecified atom stereocenters. The number of rotatable bonds is 9. The summed E-state index contributed by atoms with van der Waals surface area (Å²) < 4.78 is 25.5. The number of nitrogens with zero attached hydrogens (tertiary/aromatic N) is 2. The predicted octanol–water partition coefficient (Wildman–Crippen LogP) is 4.72. The SMILES string of the molecule is C=C/C=C(/Oc1ccc(N)c(F)c1)c1cc(C#N)c(OCCCN2CCCCC2)cc1N. The Kier molecular flexibility index (Phi) is 8.12. The van der Waals surface area contributed by atoms with Crippen LogP contribution in [0.25, 0.3) is 5.76 Å². The second-order valence-electron chi connectivity index (χ2n) is 7.70. The van der Waals surface area contributed by atoms with Gasteiger partial charge in [0.1, 0.15) is 29.1 Å². The van der Waals surface area contributed by atoms with Gasteiger partial charge in [-0.25, -0.2) is 4.39 Å². The van der Waals surface area contributed by atoms with E-state index in [1.54, 1.807) is 24.3 Å². The number of nitrogens with two attached hydrogens (primary N) is 2. The normalized spacial score (nSPS) is 14.6. The number of hydrogen-bond donors (Lipinski definition) is 2. The highest BCUT2D eigenvalue weighted by Gasteiger charge is 2.15. The van der Waals surface area contributed by atoms with E-state index in [0.717, 1.165) is 26.1 Å². The maximum Gasteiger partial charge on any atom is 0.149 e. The zero-order valence-corrected chi connectivity index (χ0v) is 18.1. The van der Waals surface area contributed by atoms with Gasteiger partial charge >= 0.3 is 0 Å². The maximum absolute atomic E-state index is 13.8. The molecule has 7 heteroatoms. The number of halogens is 1. The van der Waals surface area contributed by atoms with Gasteiger partial charge in [-0.05, 0) is 56.6 Å². The predicted molar refractivity (Wildman–Crippen MR) is 126 cm³/mol. The summed E-state index contributed by atoms with van der Waals surface area (Å²) in [6.45, 7) is 7.45. The zero-order chi connectivity index (χ0) is 22.9. The van der Waals surface area contributed by atoms with Crippen LogP contribution >= 0.6 is 0 Å². The lowest BCUT2D eigenvalue weighted by Gasteiger charge is -2.26. The van der Waals surface area contributed by atoms with Crippen LogP contribution in [0.3, 0.4) is 0 Å². The van der Waals surface area contributed by atoms with Crippen LogP contribution in [0.2, 0.25) is 0 Å². The molecule has 1 fully saturated rings. The van der Waals surface area contributed by atoms with E-state index < -0.39 is 5.82 Å². The third-order valence-electron chi connectivity index (χ3n) is 5.33. The van der Waals surface area contributed by atoms with Gasteiger partial charge in [0.2, 0.25) is 0 Å². The van der Waals surface area contributed by atoms with Crippen molar-refractivity contribution in [2.24, 2.45) is 0 Å². The highest BCUT2D eigenvalue weighted by atomic mass is 19.1. The van der Waals surface area contributed by atoms with Gasteiger partial charge in [-0.3, -0.25) is 0 Å². The lowest BCUT2D eigenvalue weighted by molar-refractivity contribution is 0.205. The van der Waals surface area contributed by atoms with Crippen molar-refractivity contribution in [2.45, 2.75) is 25.7 Å². The summed E-state index contributed by atoms with van der Waals surface area (Å²) in [5, 5.41) is 9.64. The molecular weight excluding hydrogens is 407 g/mol. The molecule has 1 aliphatic heterocycles. The van der Waals surface area contributed by atoms with Gasteiger partial charge in [-0.2, -0.15) is 5.26 Å². The van der Waals surface area contributed by atoms with Crippen molar-refractivity contribution in [2.75, 3.05) is 37.7 Å². The molecule has 0 spiro atoms. The Bertz CT molecular complexity index is 1020. The molecule has 32 heavy (non-hydrogen) atoms. The Hall–Kier alpha value is -3.50. The molecule has 2 aromatic rings. The maximum atomic E-state index is 13.8. The lowest BCUT2D eigenvalue weighted by Crippen LogP contribution is -2.31. The minimum absolute atomic E-state index is 0.0275. The first-order chi connectivity index (χ1) is 15.5. The Labute approximate surface area is 188 Å². The summed E-state index contributed by atoms with van der Waals surface area (Å²) in [4.78, 5) is 2.44. The fraction of sp³-hybridized carbons (Fsp3) is 0.320. The van der Waals surface area contributed by atoms with E-state index in [0.29, 0.717) is 34.9 Å². The molecule has 3 rings (SSSR count). The van der Waals surface area contributed by atoms with Crippen molar-refractivity contribution in [3.63, 3.8) is 0 Å². The van der Waals surface area contributed by atoms with E-state index in [1.165, 1.54) is 37.5 Å². The number of benzene rings is 2. The average molecular weight is 437 g/mol. The minimum atomic E-state index is -0.584. The van der Waals surface area contributed by atoms with Gasteiger partial charge in [-0.15, -0.1) is 0 Å². The minimum Gasteiger partial charge on any atom is -0.492 e. The van der Waals surface area contributed by atoms with Crippen LogP contribution in [0.15, 0.2) is 49.1 Å². The first-order valence-corrected chi connectivity index (χ1v) is 10.8. The second-order valence-corrected chi connectivity index (χ2v) is 7.70. The Morgan fingerprint density at radius 1 is 1.16 bits per heavy atom. The fourth-order valence-electron chi connectivity index (χ4n) is 3.65. The van der Waals surface area contributed by atoms with Crippen molar-refractivity contribution in [1.29, 1.82) is 5.26 Å². The van der Waals surface area contributed by atoms with E-state index >= 15 is 0 Å². The third-order valence-corrected chi connectivity index (χ3v) is 5.33. The van der Waals surface area contributed by atoms with Crippen LogP contribution in [-0.4, -0.2) is 31.1 Å². The summed E-state index contributed by atoms with van der Waals surface area (Å²) in [7, 11) is 0. The van der Waals surface area contributed by atoms with E-state index in [-0.39, 0.29) is 11.4 Å². The molecule has 0 aliphatic carbocycles. The van der Waals surface area contributed by atoms with Crippen LogP contribution in [0.1, 0.15) is 36.8 Å². The molecule has 2 aromatic carbocycles. The van der Waals surface area contributed by atoms with Gasteiger partial charge < -0.3 is 25.8 Å². The van der Waals surface area contributed by atoms with Gasteiger partial charge in [0.25, 0.3) is 0 Å². The molecule has 1 heterocycles. The number of likely N-dealkylation sites (tertiary alicyclic amines) is 1. The van der Waals surface area contributed by atoms with Crippen molar-refractivity contribution < 1.29 is 13.9 Å². The molecule has 168 valence electrons. The second kappa shape index (κ2) is 11.2. The summed E-state index contributed by atoms with van der Waals surface area (Å²) in [5.74, 6) is 0.430. The molecule has 0 atom stereocenters. The molecule has 1 saturated heterocycles. The van der Waals surface area contributed by atoms with E-state index in [9.17, 15) is 9.65 Å². The third kappa shape index (κ3) is 6.02. The quantitative estimate of drug-likeness (QED) is 0.255. The summed E-state index contributed by atoms with van der Waals surface area (Å²) >= 11 is 0. The molecule has 6 nitrogen and oxygen atoms in total. The van der Waals surface area contributed by atoms with E-state index in [1.807, 2.05) is 0 Å². The average Bonchev–Trinajstić information content (AvgIpc) is 2.80. The number of anilines is 2.